The number of thioether (sulfide) groups is 1. The molecule has 0 atom stereocenters. The van der Waals surface area contributed by atoms with Crippen LogP contribution in [-0.4, -0.2) is 36.7 Å². The zero-order chi connectivity index (χ0) is 21.0. The fourth-order valence-corrected chi connectivity index (χ4v) is 4.25. The van der Waals surface area contributed by atoms with E-state index < -0.39 is 0 Å². The van der Waals surface area contributed by atoms with Crippen molar-refractivity contribution in [2.45, 2.75) is 20.5 Å². The fraction of sp³-hybridized carbons (Fsp3) is 0.273. The summed E-state index contributed by atoms with van der Waals surface area (Å²) in [5.41, 5.74) is 3.13. The largest absolute Gasteiger partial charge is 0.490 e. The Labute approximate surface area is 183 Å². The number of hydrogen-bond donors (Lipinski definition) is 0. The number of aliphatic imine (C=N–C) groups is 1. The van der Waals surface area contributed by atoms with Gasteiger partial charge in [-0.1, -0.05) is 45.8 Å². The second kappa shape index (κ2) is 9.50. The molecule has 1 saturated heterocycles. The van der Waals surface area contributed by atoms with E-state index >= 15 is 0 Å². The number of carbonyl (C=O) groups is 1. The molecule has 3 rings (SSSR count). The van der Waals surface area contributed by atoms with Gasteiger partial charge in [-0.2, -0.15) is 0 Å². The standard InChI is InChI=1S/C22H23BrN2O3S/c1-5-27-18-10-16(11-20-21(26)25(4)22(24-3)29-20)17(23)12-19(18)28-13-15-8-6-7-14(2)9-15/h6-12H,5,13H2,1-4H3/b20-11+,24-22?. The smallest absolute Gasteiger partial charge is 0.266 e. The average molecular weight is 475 g/mol. The molecule has 2 aromatic rings. The zero-order valence-corrected chi connectivity index (χ0v) is 19.3. The van der Waals surface area contributed by atoms with E-state index in [1.165, 1.54) is 17.3 Å². The second-order valence-electron chi connectivity index (χ2n) is 6.51. The van der Waals surface area contributed by atoms with Crippen molar-refractivity contribution in [3.05, 3.63) is 62.5 Å². The maximum atomic E-state index is 12.4. The Hall–Kier alpha value is -2.25. The van der Waals surface area contributed by atoms with Gasteiger partial charge in [0.25, 0.3) is 5.91 Å². The minimum atomic E-state index is -0.0692. The van der Waals surface area contributed by atoms with Gasteiger partial charge >= 0.3 is 0 Å². The highest BCUT2D eigenvalue weighted by Gasteiger charge is 2.30. The maximum Gasteiger partial charge on any atom is 0.266 e. The summed E-state index contributed by atoms with van der Waals surface area (Å²) in [4.78, 5) is 18.7. The molecular formula is C22H23BrN2O3S. The lowest BCUT2D eigenvalue weighted by atomic mass is 10.1. The zero-order valence-electron chi connectivity index (χ0n) is 16.9. The van der Waals surface area contributed by atoms with Crippen LogP contribution in [0.2, 0.25) is 0 Å². The Morgan fingerprint density at radius 2 is 1.97 bits per heavy atom. The van der Waals surface area contributed by atoms with Crippen molar-refractivity contribution in [3.63, 3.8) is 0 Å². The van der Waals surface area contributed by atoms with Gasteiger partial charge in [0.15, 0.2) is 16.7 Å². The molecule has 29 heavy (non-hydrogen) atoms. The van der Waals surface area contributed by atoms with Crippen molar-refractivity contribution in [1.29, 1.82) is 0 Å². The molecular weight excluding hydrogens is 452 g/mol. The Bertz CT molecular complexity index is 988. The molecule has 1 aliphatic heterocycles. The van der Waals surface area contributed by atoms with E-state index in [1.807, 2.05) is 37.3 Å². The number of amides is 1. The first-order valence-corrected chi connectivity index (χ1v) is 10.8. The number of benzene rings is 2. The Balaban J connectivity index is 1.88. The third kappa shape index (κ3) is 5.03. The Kier molecular flexibility index (Phi) is 7.03. The number of rotatable bonds is 6. The van der Waals surface area contributed by atoms with Gasteiger partial charge in [0.05, 0.1) is 11.5 Å². The predicted octanol–water partition coefficient (Wildman–Crippen LogP) is 5.27. The fourth-order valence-electron chi connectivity index (χ4n) is 2.90. The summed E-state index contributed by atoms with van der Waals surface area (Å²) in [5, 5.41) is 0.681. The lowest BCUT2D eigenvalue weighted by molar-refractivity contribution is -0.121. The van der Waals surface area contributed by atoms with Crippen LogP contribution in [0.1, 0.15) is 23.6 Å². The van der Waals surface area contributed by atoms with Crippen LogP contribution in [0.15, 0.2) is 50.8 Å². The van der Waals surface area contributed by atoms with E-state index in [0.29, 0.717) is 34.8 Å². The van der Waals surface area contributed by atoms with Gasteiger partial charge in [0, 0.05) is 18.6 Å². The highest BCUT2D eigenvalue weighted by Crippen LogP contribution is 2.38. The van der Waals surface area contributed by atoms with Crippen LogP contribution in [0.5, 0.6) is 11.5 Å². The molecule has 0 aliphatic carbocycles. The van der Waals surface area contributed by atoms with Gasteiger partial charge in [-0.15, -0.1) is 0 Å². The van der Waals surface area contributed by atoms with E-state index in [2.05, 4.69) is 40.0 Å². The first kappa shape index (κ1) is 21.5. The van der Waals surface area contributed by atoms with Crippen LogP contribution in [0, 0.1) is 6.92 Å². The monoisotopic (exact) mass is 474 g/mol. The third-order valence-electron chi connectivity index (χ3n) is 4.32. The number of amidine groups is 1. The van der Waals surface area contributed by atoms with Gasteiger partial charge < -0.3 is 9.47 Å². The molecule has 1 amide bonds. The molecule has 0 bridgehead atoms. The summed E-state index contributed by atoms with van der Waals surface area (Å²) >= 11 is 4.96. The molecule has 1 heterocycles. The molecule has 0 unspecified atom stereocenters. The molecule has 0 radical (unpaired) electrons. The van der Waals surface area contributed by atoms with Crippen molar-refractivity contribution in [2.24, 2.45) is 4.99 Å². The molecule has 0 spiro atoms. The molecule has 152 valence electrons. The van der Waals surface area contributed by atoms with Gasteiger partial charge in [-0.25, -0.2) is 0 Å². The first-order chi connectivity index (χ1) is 13.9. The van der Waals surface area contributed by atoms with E-state index in [4.69, 9.17) is 9.47 Å². The minimum Gasteiger partial charge on any atom is -0.490 e. The molecule has 1 fully saturated rings. The highest BCUT2D eigenvalue weighted by atomic mass is 79.9. The number of carbonyl (C=O) groups excluding carboxylic acids is 1. The minimum absolute atomic E-state index is 0.0692. The topological polar surface area (TPSA) is 51.1 Å². The van der Waals surface area contributed by atoms with Crippen LogP contribution in [-0.2, 0) is 11.4 Å². The highest BCUT2D eigenvalue weighted by molar-refractivity contribution is 9.10. The molecule has 2 aromatic carbocycles. The molecule has 5 nitrogen and oxygen atoms in total. The summed E-state index contributed by atoms with van der Waals surface area (Å²) in [6.07, 6.45) is 1.85. The van der Waals surface area contributed by atoms with E-state index in [9.17, 15) is 4.79 Å². The molecule has 7 heteroatoms. The first-order valence-electron chi connectivity index (χ1n) is 9.22. The van der Waals surface area contributed by atoms with Crippen LogP contribution in [0.25, 0.3) is 6.08 Å². The van der Waals surface area contributed by atoms with E-state index in [0.717, 1.165) is 15.6 Å². The summed E-state index contributed by atoms with van der Waals surface area (Å²) in [6.45, 7) is 4.95. The number of hydrogen-bond acceptors (Lipinski definition) is 5. The molecule has 0 N–H and O–H groups in total. The van der Waals surface area contributed by atoms with Crippen LogP contribution in [0.3, 0.4) is 0 Å². The van der Waals surface area contributed by atoms with Crippen molar-refractivity contribution in [3.8, 4) is 11.5 Å². The van der Waals surface area contributed by atoms with Crippen molar-refractivity contribution < 1.29 is 14.3 Å². The van der Waals surface area contributed by atoms with Gasteiger partial charge in [-0.05, 0) is 54.9 Å². The van der Waals surface area contributed by atoms with E-state index in [1.54, 1.807) is 19.0 Å². The van der Waals surface area contributed by atoms with Gasteiger partial charge in [-0.3, -0.25) is 14.7 Å². The predicted molar refractivity (Wildman–Crippen MR) is 123 cm³/mol. The normalized spacial score (nSPS) is 16.7. The third-order valence-corrected chi connectivity index (χ3v) is 6.16. The Morgan fingerprint density at radius 3 is 2.62 bits per heavy atom. The lowest BCUT2D eigenvalue weighted by Crippen LogP contribution is -2.23. The Morgan fingerprint density at radius 1 is 1.21 bits per heavy atom. The van der Waals surface area contributed by atoms with Crippen molar-refractivity contribution in [2.75, 3.05) is 20.7 Å². The molecule has 1 aliphatic rings. The van der Waals surface area contributed by atoms with Crippen molar-refractivity contribution in [1.82, 2.24) is 4.90 Å². The van der Waals surface area contributed by atoms with Gasteiger partial charge in [0.2, 0.25) is 0 Å². The maximum absolute atomic E-state index is 12.4. The summed E-state index contributed by atoms with van der Waals surface area (Å²) in [6, 6.07) is 12.0. The summed E-state index contributed by atoms with van der Waals surface area (Å²) in [5.74, 6) is 1.23. The summed E-state index contributed by atoms with van der Waals surface area (Å²) in [7, 11) is 3.40. The SMILES string of the molecule is CCOc1cc(/C=C2/SC(=NC)N(C)C2=O)c(Br)cc1OCc1cccc(C)c1. The summed E-state index contributed by atoms with van der Waals surface area (Å²) < 4.78 is 12.7. The second-order valence-corrected chi connectivity index (χ2v) is 8.38. The van der Waals surface area contributed by atoms with E-state index in [-0.39, 0.29) is 5.91 Å². The van der Waals surface area contributed by atoms with Gasteiger partial charge in [0.1, 0.15) is 6.61 Å². The van der Waals surface area contributed by atoms with Crippen molar-refractivity contribution >= 4 is 44.8 Å². The quantitative estimate of drug-likeness (QED) is 0.535. The number of halogens is 1. The van der Waals surface area contributed by atoms with Crippen LogP contribution >= 0.6 is 27.7 Å². The molecule has 0 aromatic heterocycles. The average Bonchev–Trinajstić information content (AvgIpc) is 2.97. The number of aryl methyl sites for hydroxylation is 1. The lowest BCUT2D eigenvalue weighted by Gasteiger charge is -2.14. The molecule has 0 saturated carbocycles. The van der Waals surface area contributed by atoms with Crippen LogP contribution < -0.4 is 9.47 Å². The number of nitrogens with zero attached hydrogens (tertiary/aromatic N) is 2. The number of ether oxygens (including phenoxy) is 2. The van der Waals surface area contributed by atoms with Crippen LogP contribution in [0.4, 0.5) is 0 Å². The number of likely N-dealkylation sites (N-methyl/N-ethyl adjacent to an activating group) is 1.